The summed E-state index contributed by atoms with van der Waals surface area (Å²) in [6.45, 7) is 6.05. The molecule has 0 radical (unpaired) electrons. The molecule has 2 heterocycles. The van der Waals surface area contributed by atoms with E-state index in [-0.39, 0.29) is 35.5 Å². The zero-order valence-electron chi connectivity index (χ0n) is 31.7. The molecule has 2 fully saturated rings. The van der Waals surface area contributed by atoms with Crippen LogP contribution in [0.4, 0.5) is 0 Å². The summed E-state index contributed by atoms with van der Waals surface area (Å²) in [6, 6.07) is 32.3. The summed E-state index contributed by atoms with van der Waals surface area (Å²) in [5.41, 5.74) is 0.680. The highest BCUT2D eigenvalue weighted by Gasteiger charge is 2.55. The SMILES string of the molecule is C=CCO[C@H]1OC[C@H](OC(=O)c2ccccc2)[C@H](O[C@@H]2O[C@H](C)[C@H](OC(=O)c3ccccc3)[C@H](OC(=O)c3ccccc3)[C@H]2OC(=O)c2ccccc2)[C@H]1OC(C)=O. The zero-order valence-corrected chi connectivity index (χ0v) is 31.7. The van der Waals surface area contributed by atoms with Crippen LogP contribution in [0.3, 0.4) is 0 Å². The van der Waals surface area contributed by atoms with E-state index in [2.05, 4.69) is 6.58 Å². The van der Waals surface area contributed by atoms with Crippen LogP contribution >= 0.6 is 0 Å². The van der Waals surface area contributed by atoms with Gasteiger partial charge in [0.2, 0.25) is 0 Å². The quantitative estimate of drug-likeness (QED) is 0.0890. The topological polar surface area (TPSA) is 168 Å². The Bertz CT molecular complexity index is 2010. The second-order valence-electron chi connectivity index (χ2n) is 13.2. The summed E-state index contributed by atoms with van der Waals surface area (Å²) in [5.74, 6) is -3.98. The van der Waals surface area contributed by atoms with Crippen LogP contribution in [-0.2, 0) is 47.4 Å². The van der Waals surface area contributed by atoms with Crippen molar-refractivity contribution in [3.63, 3.8) is 0 Å². The molecule has 0 saturated carbocycles. The number of hydrogen-bond acceptors (Lipinski definition) is 14. The van der Waals surface area contributed by atoms with Gasteiger partial charge in [0.1, 0.15) is 6.10 Å². The van der Waals surface area contributed by atoms with Gasteiger partial charge in [-0.3, -0.25) is 4.79 Å². The fourth-order valence-corrected chi connectivity index (χ4v) is 6.37. The Kier molecular flexibility index (Phi) is 14.1. The Labute approximate surface area is 334 Å². The van der Waals surface area contributed by atoms with Crippen molar-refractivity contribution in [1.82, 2.24) is 0 Å². The van der Waals surface area contributed by atoms with Gasteiger partial charge in [-0.2, -0.15) is 0 Å². The lowest BCUT2D eigenvalue weighted by atomic mass is 9.97. The lowest BCUT2D eigenvalue weighted by molar-refractivity contribution is -0.342. The van der Waals surface area contributed by atoms with Crippen molar-refractivity contribution in [2.24, 2.45) is 0 Å². The number of rotatable bonds is 14. The maximum atomic E-state index is 13.9. The summed E-state index contributed by atoms with van der Waals surface area (Å²) in [6.07, 6.45) is -11.2. The van der Waals surface area contributed by atoms with Crippen molar-refractivity contribution in [2.75, 3.05) is 13.2 Å². The second-order valence-corrected chi connectivity index (χ2v) is 13.2. The van der Waals surface area contributed by atoms with Crippen molar-refractivity contribution in [1.29, 1.82) is 0 Å². The van der Waals surface area contributed by atoms with E-state index in [0.717, 1.165) is 6.92 Å². The van der Waals surface area contributed by atoms with Crippen LogP contribution in [0.25, 0.3) is 0 Å². The third-order valence-electron chi connectivity index (χ3n) is 9.11. The minimum absolute atomic E-state index is 0.0239. The van der Waals surface area contributed by atoms with E-state index in [9.17, 15) is 24.0 Å². The van der Waals surface area contributed by atoms with Crippen molar-refractivity contribution in [3.05, 3.63) is 156 Å². The maximum absolute atomic E-state index is 13.9. The number of esters is 5. The van der Waals surface area contributed by atoms with E-state index in [1.54, 1.807) is 104 Å². The molecule has 2 saturated heterocycles. The molecule has 58 heavy (non-hydrogen) atoms. The molecule has 14 heteroatoms. The highest BCUT2D eigenvalue weighted by atomic mass is 16.8. The van der Waals surface area contributed by atoms with Gasteiger partial charge in [-0.05, 0) is 55.5 Å². The summed E-state index contributed by atoms with van der Waals surface area (Å²) in [7, 11) is 0. The first-order valence-electron chi connectivity index (χ1n) is 18.5. The molecule has 0 N–H and O–H groups in total. The van der Waals surface area contributed by atoms with Gasteiger partial charge in [0.15, 0.2) is 43.1 Å². The lowest BCUT2D eigenvalue weighted by Crippen LogP contribution is -2.65. The monoisotopic (exact) mass is 794 g/mol. The van der Waals surface area contributed by atoms with Crippen molar-refractivity contribution < 1.29 is 66.6 Å². The van der Waals surface area contributed by atoms with Crippen LogP contribution in [0, 0.1) is 0 Å². The minimum Gasteiger partial charge on any atom is -0.454 e. The fourth-order valence-electron chi connectivity index (χ4n) is 6.37. The van der Waals surface area contributed by atoms with Crippen LogP contribution in [0.15, 0.2) is 134 Å². The van der Waals surface area contributed by atoms with E-state index in [1.165, 1.54) is 30.3 Å². The van der Waals surface area contributed by atoms with Gasteiger partial charge >= 0.3 is 29.8 Å². The largest absolute Gasteiger partial charge is 0.454 e. The first-order chi connectivity index (χ1) is 28.1. The number of benzene rings is 4. The van der Waals surface area contributed by atoms with Crippen LogP contribution in [-0.4, -0.2) is 98.4 Å². The third-order valence-corrected chi connectivity index (χ3v) is 9.11. The smallest absolute Gasteiger partial charge is 0.338 e. The first-order valence-corrected chi connectivity index (χ1v) is 18.5. The molecule has 0 unspecified atom stereocenters. The van der Waals surface area contributed by atoms with E-state index >= 15 is 0 Å². The normalized spacial score (nSPS) is 25.3. The predicted molar refractivity (Wildman–Crippen MR) is 203 cm³/mol. The van der Waals surface area contributed by atoms with Crippen LogP contribution in [0.2, 0.25) is 0 Å². The molecular formula is C44H42O14. The lowest BCUT2D eigenvalue weighted by Gasteiger charge is -2.47. The Morgan fingerprint density at radius 1 is 0.569 bits per heavy atom. The first kappa shape index (κ1) is 41.4. The molecule has 302 valence electrons. The van der Waals surface area contributed by atoms with Gasteiger partial charge in [0, 0.05) is 6.92 Å². The Hall–Kier alpha value is -6.19. The van der Waals surface area contributed by atoms with Crippen molar-refractivity contribution in [3.8, 4) is 0 Å². The average Bonchev–Trinajstić information content (AvgIpc) is 3.24. The molecule has 14 nitrogen and oxygen atoms in total. The average molecular weight is 795 g/mol. The third kappa shape index (κ3) is 10.4. The fraction of sp³-hybridized carbons (Fsp3) is 0.295. The molecular weight excluding hydrogens is 752 g/mol. The van der Waals surface area contributed by atoms with Gasteiger partial charge in [0.05, 0.1) is 41.6 Å². The predicted octanol–water partition coefficient (Wildman–Crippen LogP) is 5.51. The Balaban J connectivity index is 1.42. The minimum atomic E-state index is -1.66. The number of ether oxygens (including phenoxy) is 9. The molecule has 4 aromatic carbocycles. The van der Waals surface area contributed by atoms with Gasteiger partial charge in [-0.15, -0.1) is 6.58 Å². The summed E-state index contributed by atoms with van der Waals surface area (Å²) < 4.78 is 54.5. The molecule has 2 aliphatic heterocycles. The highest BCUT2D eigenvalue weighted by Crippen LogP contribution is 2.35. The van der Waals surface area contributed by atoms with E-state index < -0.39 is 85.2 Å². The van der Waals surface area contributed by atoms with Gasteiger partial charge in [0.25, 0.3) is 0 Å². The van der Waals surface area contributed by atoms with Crippen LogP contribution < -0.4 is 0 Å². The summed E-state index contributed by atoms with van der Waals surface area (Å²) >= 11 is 0. The van der Waals surface area contributed by atoms with Crippen LogP contribution in [0.1, 0.15) is 55.3 Å². The van der Waals surface area contributed by atoms with E-state index in [0.29, 0.717) is 0 Å². The molecule has 0 amide bonds. The molecule has 0 bridgehead atoms. The van der Waals surface area contributed by atoms with E-state index in [4.69, 9.17) is 42.6 Å². The molecule has 0 spiro atoms. The standard InChI is InChI=1S/C44H42O14/c1-4-25-50-43-37(53-28(3)45)35(33(26-51-43)54-39(46)29-17-9-5-10-18-29)58-44-38(57-42(49)32-23-15-8-16-24-32)36(56-41(48)31-21-13-7-14-22-31)34(27(2)52-44)55-40(47)30-19-11-6-12-20-30/h4-24,27,33-38,43-44H,1,25-26H2,2-3H3/t27-,33+,34+,35+,36+,37-,38-,43+,44+/m1/s1. The number of carbonyl (C=O) groups excluding carboxylic acids is 5. The highest BCUT2D eigenvalue weighted by molar-refractivity contribution is 5.91. The maximum Gasteiger partial charge on any atom is 0.338 e. The van der Waals surface area contributed by atoms with Gasteiger partial charge in [-0.1, -0.05) is 78.9 Å². The number of hydrogen-bond donors (Lipinski definition) is 0. The molecule has 0 aromatic heterocycles. The summed E-state index contributed by atoms with van der Waals surface area (Å²) in [4.78, 5) is 67.2. The molecule has 6 rings (SSSR count). The van der Waals surface area contributed by atoms with Crippen molar-refractivity contribution in [2.45, 2.75) is 69.2 Å². The zero-order chi connectivity index (χ0) is 41.0. The van der Waals surface area contributed by atoms with Gasteiger partial charge in [-0.25, -0.2) is 19.2 Å². The number of carbonyl (C=O) groups is 5. The Morgan fingerprint density at radius 3 is 1.43 bits per heavy atom. The molecule has 9 atom stereocenters. The van der Waals surface area contributed by atoms with E-state index in [1.807, 2.05) is 0 Å². The van der Waals surface area contributed by atoms with Gasteiger partial charge < -0.3 is 42.6 Å². The summed E-state index contributed by atoms with van der Waals surface area (Å²) in [5, 5.41) is 0. The van der Waals surface area contributed by atoms with Crippen molar-refractivity contribution >= 4 is 29.8 Å². The molecule has 0 aliphatic carbocycles. The second kappa shape index (κ2) is 19.8. The Morgan fingerprint density at radius 2 is 0.983 bits per heavy atom. The van der Waals surface area contributed by atoms with Crippen LogP contribution in [0.5, 0.6) is 0 Å². The molecule has 2 aliphatic rings. The molecule has 4 aromatic rings.